The van der Waals surface area contributed by atoms with Gasteiger partial charge >= 0.3 is 47.6 Å². The molecule has 125 heavy (non-hydrogen) atoms. The number of methoxy groups -OCH3 is 3. The van der Waals surface area contributed by atoms with E-state index in [1.54, 1.807) is 72.8 Å². The first-order chi connectivity index (χ1) is 56.6. The predicted molar refractivity (Wildman–Crippen MR) is 395 cm³/mol. The molecule has 0 aliphatic heterocycles. The van der Waals surface area contributed by atoms with E-state index < -0.39 is 183 Å². The number of halogens is 25. The lowest BCUT2D eigenvalue weighted by Gasteiger charge is -2.31. The number of nitrogens with zero attached hydrogens (tertiary/aromatic N) is 1. The van der Waals surface area contributed by atoms with Gasteiger partial charge in [0, 0.05) is 33.5 Å². The van der Waals surface area contributed by atoms with E-state index in [0.29, 0.717) is 14.7 Å². The molecule has 7 atom stereocenters. The van der Waals surface area contributed by atoms with Gasteiger partial charge in [-0.15, -0.1) is 0 Å². The second kappa shape index (κ2) is 46.8. The van der Waals surface area contributed by atoms with Crippen molar-refractivity contribution >= 4 is 42.0 Å². The summed E-state index contributed by atoms with van der Waals surface area (Å²) in [5.41, 5.74) is -8.92. The van der Waals surface area contributed by atoms with E-state index in [1.165, 1.54) is 107 Å². The van der Waals surface area contributed by atoms with Gasteiger partial charge in [-0.2, -0.15) is 96.6 Å². The Kier molecular flexibility index (Phi) is 42.6. The van der Waals surface area contributed by atoms with Crippen LogP contribution in [0.5, 0.6) is 23.0 Å². The fourth-order valence-electron chi connectivity index (χ4n) is 9.02. The maximum absolute atomic E-state index is 13.7. The van der Waals surface area contributed by atoms with E-state index in [-0.39, 0.29) is 46.6 Å². The lowest BCUT2D eigenvalue weighted by Crippen LogP contribution is -3.00. The Labute approximate surface area is 718 Å². The van der Waals surface area contributed by atoms with Gasteiger partial charge in [-0.05, 0) is 180 Å². The number of quaternary nitrogens is 1. The summed E-state index contributed by atoms with van der Waals surface area (Å²) in [6.07, 6.45) is -39.6. The molecule has 7 aromatic rings. The Morgan fingerprint density at radius 2 is 0.568 bits per heavy atom. The van der Waals surface area contributed by atoms with Crippen LogP contribution >= 0.6 is 0 Å². The largest absolute Gasteiger partial charge is 1.00 e. The highest BCUT2D eigenvalue weighted by atomic mass is 79.9. The van der Waals surface area contributed by atoms with Crippen LogP contribution in [0.25, 0.3) is 0 Å². The second-order valence-electron chi connectivity index (χ2n) is 27.4. The molecule has 0 amide bonds. The van der Waals surface area contributed by atoms with Crippen molar-refractivity contribution in [3.8, 4) is 23.0 Å². The van der Waals surface area contributed by atoms with Gasteiger partial charge in [-0.25, -0.2) is 25.6 Å². The van der Waals surface area contributed by atoms with Gasteiger partial charge in [-0.1, -0.05) is 30.3 Å². The highest BCUT2D eigenvalue weighted by Crippen LogP contribution is 2.43. The number of ether oxygens (including phenoxy) is 11. The van der Waals surface area contributed by atoms with Gasteiger partial charge in [0.25, 0.3) is 0 Å². The minimum absolute atomic E-state index is 0. The molecule has 0 spiro atoms. The molecule has 0 aromatic heterocycles. The summed E-state index contributed by atoms with van der Waals surface area (Å²) in [6.45, 7) is 0.959. The van der Waals surface area contributed by atoms with Gasteiger partial charge in [0.15, 0.2) is 72.0 Å². The summed E-state index contributed by atoms with van der Waals surface area (Å²) in [6, 6.07) is 47.6. The predicted octanol–water partition coefficient (Wildman–Crippen LogP) is 14.5. The Morgan fingerprint density at radius 1 is 0.360 bits per heavy atom. The molecule has 0 fully saturated rings. The fraction of sp³-hybridized carbons (Fsp3) is 0.447. The molecule has 0 aliphatic rings. The van der Waals surface area contributed by atoms with E-state index in [2.05, 4.69) is 65.7 Å². The molecule has 0 heterocycles. The summed E-state index contributed by atoms with van der Waals surface area (Å²) < 4.78 is 419. The Hall–Kier alpha value is -7.34. The average Bonchev–Trinajstić information content (AvgIpc) is 0.812. The third-order valence-electron chi connectivity index (χ3n) is 16.2. The van der Waals surface area contributed by atoms with Crippen LogP contribution in [0.1, 0.15) is 40.2 Å². The fourth-order valence-corrected chi connectivity index (χ4v) is 13.9. The highest BCUT2D eigenvalue weighted by Gasteiger charge is 2.61. The van der Waals surface area contributed by atoms with Crippen LogP contribution in [0.4, 0.5) is 105 Å². The third kappa shape index (κ3) is 34.6. The summed E-state index contributed by atoms with van der Waals surface area (Å²) in [5, 5.41) is 4.04. The van der Waals surface area contributed by atoms with Gasteiger partial charge in [0.1, 0.15) is 88.0 Å². The van der Waals surface area contributed by atoms with E-state index in [4.69, 9.17) is 48.1 Å². The molecule has 0 saturated carbocycles. The zero-order valence-electron chi connectivity index (χ0n) is 67.1. The van der Waals surface area contributed by atoms with Crippen LogP contribution in [0, 0.1) is 11.6 Å². The molecule has 7 aromatic carbocycles. The van der Waals surface area contributed by atoms with E-state index in [9.17, 15) is 131 Å². The van der Waals surface area contributed by atoms with Crippen LogP contribution in [0.3, 0.4) is 0 Å². The highest BCUT2D eigenvalue weighted by molar-refractivity contribution is 7.97. The summed E-state index contributed by atoms with van der Waals surface area (Å²) in [4.78, 5) is 4.32. The van der Waals surface area contributed by atoms with Crippen molar-refractivity contribution in [2.45, 2.75) is 153 Å². The Bertz CT molecular complexity index is 4430. The van der Waals surface area contributed by atoms with Crippen molar-refractivity contribution in [1.29, 1.82) is 0 Å². The molecule has 0 aliphatic carbocycles. The minimum atomic E-state index is -6.54. The number of benzene rings is 7. The molecule has 7 unspecified atom stereocenters. The first kappa shape index (κ1) is 114. The van der Waals surface area contributed by atoms with Crippen LogP contribution in [-0.4, -0.2) is 219 Å². The minimum Gasteiger partial charge on any atom is -1.00 e. The molecular weight excluding hydrogens is 1890 g/mol. The van der Waals surface area contributed by atoms with Crippen LogP contribution in [0.15, 0.2) is 205 Å². The van der Waals surface area contributed by atoms with Crippen molar-refractivity contribution in [3.05, 3.63) is 193 Å². The van der Waals surface area contributed by atoms with E-state index in [0.717, 1.165) is 53.4 Å². The number of aliphatic hydroxyl groups is 2. The SMILES string of the molecule is CCOC(C)(COc1ccc([S+](c2ccc(F)cc2)c2ccc(OCC(C)(OCOC)C(F)(F)F)cc2)cc1)C(F)(F)F.COCOC(C)(COc1ccc([S+](c2ccc(F)cc2)c2ccc(OCC(C)(OCOC)C(F)(F)F)cc2)cc1)C(F)(F)F.C[N+](C)(C)Cc1ccccc1.O=S(=O)([O-])C(F)(F)C(O)C(F)(F)F.O=S(=O)([O-])C(F)(F)C(O)C(F)(F)F.[Br-]. The maximum atomic E-state index is 13.7. The molecule has 20 nitrogen and oxygen atoms in total. The normalized spacial score (nSPS) is 15.5. The zero-order valence-corrected chi connectivity index (χ0v) is 72.0. The lowest BCUT2D eigenvalue weighted by molar-refractivity contribution is -0.884. The van der Waals surface area contributed by atoms with Crippen LogP contribution in [0.2, 0.25) is 0 Å². The zero-order chi connectivity index (χ0) is 95.0. The van der Waals surface area contributed by atoms with Crippen LogP contribution in [-0.2, 0) is 81.7 Å². The quantitative estimate of drug-likeness (QED) is 0.0123. The first-order valence-electron chi connectivity index (χ1n) is 34.8. The van der Waals surface area contributed by atoms with Gasteiger partial charge in [-0.3, -0.25) is 0 Å². The Morgan fingerprint density at radius 3 is 0.736 bits per heavy atom. The summed E-state index contributed by atoms with van der Waals surface area (Å²) in [7, 11) is -4.51. The third-order valence-corrected chi connectivity index (χ3v) is 22.4. The molecule has 2 N–H and O–H groups in total. The van der Waals surface area contributed by atoms with Crippen molar-refractivity contribution in [1.82, 2.24) is 0 Å². The number of hydrogen-bond donors (Lipinski definition) is 2. The maximum Gasteiger partial charge on any atom is 0.421 e. The van der Waals surface area contributed by atoms with Gasteiger partial charge in [0.05, 0.1) is 42.9 Å². The van der Waals surface area contributed by atoms with Crippen molar-refractivity contribution in [3.63, 3.8) is 0 Å². The van der Waals surface area contributed by atoms with Crippen molar-refractivity contribution in [2.75, 3.05) is 95.9 Å². The van der Waals surface area contributed by atoms with Crippen LogP contribution < -0.4 is 35.9 Å². The number of alkyl halides is 22. The Balaban J connectivity index is 0.000000600. The molecule has 7 rings (SSSR count). The summed E-state index contributed by atoms with van der Waals surface area (Å²) in [5.74, 6) is -0.232. The monoisotopic (exact) mass is 1980 g/mol. The lowest BCUT2D eigenvalue weighted by atomic mass is 10.1. The molecular formula is C76H84BrF24NO19S4. The molecule has 706 valence electrons. The van der Waals surface area contributed by atoms with Gasteiger partial charge in [0.2, 0.25) is 12.2 Å². The standard InChI is InChI=1S/C30H32F7O6S.C30H32F7O5S.C10H16N.2C3H3F5O4S.BrH/c1-27(29(32,33)34,42-19-38-3)17-40-22-7-13-25(14-8-22)44(24-11-5-21(31)6-12-24)26-15-9-23(10-16-26)41-18-28(2,30(35,36)37)43-20-39-4;1-5-41-27(2,29(32,33)34)18-39-22-8-14-25(15-9-22)43(24-12-6-21(31)7-13-24)26-16-10-23(11-17-26)40-19-28(3,30(35,36)37)42-20-38-4;1-11(2,3)9-10-7-5-4-6-8-10;2*4-2(5,6)1(9)3(7,8)13(10,11)12;/h5-16H,17-20H2,1-4H3;6-17H,5,18-20H2,1-4H3;4-8H,9H2,1-3H3;2*1,9H,(H,10,11,12);1H/q3*+1;;;/p-3. The molecule has 0 bridgehead atoms. The number of hydrogen-bond acceptors (Lipinski definition) is 19. The summed E-state index contributed by atoms with van der Waals surface area (Å²) >= 11 is 0. The number of rotatable bonds is 35. The molecule has 0 saturated heterocycles. The average molecular weight is 1980 g/mol. The van der Waals surface area contributed by atoms with E-state index >= 15 is 0 Å². The topological polar surface area (TPSA) is 256 Å². The first-order valence-corrected chi connectivity index (χ1v) is 40.1. The van der Waals surface area contributed by atoms with E-state index in [1.807, 2.05) is 0 Å². The van der Waals surface area contributed by atoms with Gasteiger partial charge < -0.3 is 92.9 Å². The van der Waals surface area contributed by atoms with Crippen molar-refractivity contribution in [2.24, 2.45) is 0 Å². The molecule has 49 heteroatoms. The smallest absolute Gasteiger partial charge is 0.421 e. The number of aliphatic hydroxyl groups excluding tert-OH is 2. The van der Waals surface area contributed by atoms with Crippen molar-refractivity contribution < 1.29 is 215 Å². The molecule has 0 radical (unpaired) electrons. The second-order valence-corrected chi connectivity index (χ2v) is 34.4.